The lowest BCUT2D eigenvalue weighted by molar-refractivity contribution is 0.0954. The molecule has 0 spiro atoms. The molecule has 2 aromatic carbocycles. The largest absolute Gasteiger partial charge is 0.497 e. The van der Waals surface area contributed by atoms with Crippen molar-refractivity contribution in [2.24, 2.45) is 0 Å². The zero-order chi connectivity index (χ0) is 19.8. The van der Waals surface area contributed by atoms with Gasteiger partial charge >= 0.3 is 0 Å². The lowest BCUT2D eigenvalue weighted by Gasteiger charge is -2.10. The molecule has 6 nitrogen and oxygen atoms in total. The number of rotatable bonds is 8. The number of nitrogens with one attached hydrogen (secondary N) is 2. The molecule has 144 valence electrons. The van der Waals surface area contributed by atoms with E-state index in [-0.39, 0.29) is 5.91 Å². The van der Waals surface area contributed by atoms with E-state index >= 15 is 0 Å². The van der Waals surface area contributed by atoms with E-state index in [9.17, 15) is 4.79 Å². The fourth-order valence-electron chi connectivity index (χ4n) is 2.70. The second kappa shape index (κ2) is 9.41. The topological polar surface area (TPSA) is 72.5 Å². The number of hydrogen-bond donors (Lipinski definition) is 2. The van der Waals surface area contributed by atoms with Gasteiger partial charge in [-0.3, -0.25) is 4.79 Å². The van der Waals surface area contributed by atoms with Crippen LogP contribution >= 0.6 is 0 Å². The molecule has 0 aliphatic heterocycles. The van der Waals surface area contributed by atoms with Gasteiger partial charge in [-0.05, 0) is 48.4 Å². The van der Waals surface area contributed by atoms with Crippen LogP contribution in [0, 0.1) is 0 Å². The Morgan fingerprint density at radius 3 is 2.43 bits per heavy atom. The third-order valence-electron chi connectivity index (χ3n) is 4.25. The molecule has 2 N–H and O–H groups in total. The summed E-state index contributed by atoms with van der Waals surface area (Å²) < 4.78 is 10.5. The Bertz CT molecular complexity index is 909. The average Bonchev–Trinajstić information content (AvgIpc) is 2.75. The van der Waals surface area contributed by atoms with Crippen molar-refractivity contribution in [2.75, 3.05) is 26.1 Å². The number of aromatic nitrogens is 1. The van der Waals surface area contributed by atoms with Crippen molar-refractivity contribution in [3.05, 3.63) is 78.0 Å². The maximum Gasteiger partial charge on any atom is 0.252 e. The molecule has 3 aromatic rings. The standard InChI is InChI=1S/C22H23N3O3/c1-27-18-10-7-16(8-11-18)13-14-23-22(26)17-9-12-21(24-15-17)25-19-5-3-4-6-20(19)28-2/h3-12,15H,13-14H2,1-2H3,(H,23,26)(H,24,25). The van der Waals surface area contributed by atoms with Crippen molar-refractivity contribution in [3.8, 4) is 11.5 Å². The first-order valence-corrected chi connectivity index (χ1v) is 8.97. The SMILES string of the molecule is COc1ccc(CCNC(=O)c2ccc(Nc3ccccc3OC)nc2)cc1. The van der Waals surface area contributed by atoms with Gasteiger partial charge in [0.15, 0.2) is 0 Å². The van der Waals surface area contributed by atoms with Crippen LogP contribution in [0.25, 0.3) is 0 Å². The summed E-state index contributed by atoms with van der Waals surface area (Å²) in [4.78, 5) is 16.6. The summed E-state index contributed by atoms with van der Waals surface area (Å²) in [7, 11) is 3.26. The molecule has 3 rings (SSSR count). The summed E-state index contributed by atoms with van der Waals surface area (Å²) in [5.41, 5.74) is 2.46. The van der Waals surface area contributed by atoms with Crippen molar-refractivity contribution in [1.29, 1.82) is 0 Å². The fraction of sp³-hybridized carbons (Fsp3) is 0.182. The van der Waals surface area contributed by atoms with E-state index in [4.69, 9.17) is 9.47 Å². The number of pyridine rings is 1. The molecule has 0 atom stereocenters. The number of nitrogens with zero attached hydrogens (tertiary/aromatic N) is 1. The molecule has 1 heterocycles. The van der Waals surface area contributed by atoms with Crippen molar-refractivity contribution in [1.82, 2.24) is 10.3 Å². The van der Waals surface area contributed by atoms with Gasteiger partial charge in [0.2, 0.25) is 0 Å². The molecule has 1 aromatic heterocycles. The molecule has 28 heavy (non-hydrogen) atoms. The average molecular weight is 377 g/mol. The minimum atomic E-state index is -0.148. The molecule has 0 aliphatic rings. The number of ether oxygens (including phenoxy) is 2. The number of methoxy groups -OCH3 is 2. The number of amides is 1. The zero-order valence-corrected chi connectivity index (χ0v) is 15.9. The van der Waals surface area contributed by atoms with Crippen LogP contribution in [0.5, 0.6) is 11.5 Å². The van der Waals surface area contributed by atoms with Crippen molar-refractivity contribution in [2.45, 2.75) is 6.42 Å². The maximum absolute atomic E-state index is 12.3. The smallest absolute Gasteiger partial charge is 0.252 e. The molecule has 0 unspecified atom stereocenters. The minimum absolute atomic E-state index is 0.148. The molecule has 1 amide bonds. The van der Waals surface area contributed by atoms with Crippen LogP contribution in [0.15, 0.2) is 66.9 Å². The van der Waals surface area contributed by atoms with Crippen LogP contribution in [0.4, 0.5) is 11.5 Å². The molecule has 0 bridgehead atoms. The Morgan fingerprint density at radius 2 is 1.75 bits per heavy atom. The summed E-state index contributed by atoms with van der Waals surface area (Å²) in [5.74, 6) is 2.04. The predicted molar refractivity (Wildman–Crippen MR) is 110 cm³/mol. The highest BCUT2D eigenvalue weighted by molar-refractivity contribution is 5.94. The van der Waals surface area contributed by atoms with Gasteiger partial charge in [0.25, 0.3) is 5.91 Å². The van der Waals surface area contributed by atoms with Gasteiger partial charge in [-0.15, -0.1) is 0 Å². The van der Waals surface area contributed by atoms with Crippen molar-refractivity contribution < 1.29 is 14.3 Å². The quantitative estimate of drug-likeness (QED) is 0.624. The van der Waals surface area contributed by atoms with E-state index in [2.05, 4.69) is 15.6 Å². The maximum atomic E-state index is 12.3. The highest BCUT2D eigenvalue weighted by atomic mass is 16.5. The first kappa shape index (κ1) is 19.2. The number of para-hydroxylation sites is 2. The van der Waals surface area contributed by atoms with E-state index in [1.165, 1.54) is 0 Å². The minimum Gasteiger partial charge on any atom is -0.497 e. The molecule has 0 saturated heterocycles. The fourth-order valence-corrected chi connectivity index (χ4v) is 2.70. The number of carbonyl (C=O) groups excluding carboxylic acids is 1. The van der Waals surface area contributed by atoms with Gasteiger partial charge in [0.05, 0.1) is 25.5 Å². The van der Waals surface area contributed by atoms with Crippen molar-refractivity contribution >= 4 is 17.4 Å². The Labute approximate surface area is 164 Å². The lowest BCUT2D eigenvalue weighted by Crippen LogP contribution is -2.25. The van der Waals surface area contributed by atoms with Crippen LogP contribution in [0.1, 0.15) is 15.9 Å². The second-order valence-electron chi connectivity index (χ2n) is 6.11. The number of hydrogen-bond acceptors (Lipinski definition) is 5. The molecule has 6 heteroatoms. The summed E-state index contributed by atoms with van der Waals surface area (Å²) in [6, 6.07) is 18.9. The van der Waals surface area contributed by atoms with Gasteiger partial charge in [-0.2, -0.15) is 0 Å². The summed E-state index contributed by atoms with van der Waals surface area (Å²) in [5, 5.41) is 6.10. The highest BCUT2D eigenvalue weighted by Gasteiger charge is 2.07. The van der Waals surface area contributed by atoms with E-state index in [0.29, 0.717) is 17.9 Å². The van der Waals surface area contributed by atoms with E-state index < -0.39 is 0 Å². The first-order valence-electron chi connectivity index (χ1n) is 8.97. The lowest BCUT2D eigenvalue weighted by atomic mass is 10.1. The Kier molecular flexibility index (Phi) is 6.46. The monoisotopic (exact) mass is 377 g/mol. The zero-order valence-electron chi connectivity index (χ0n) is 15.9. The molecule has 0 saturated carbocycles. The predicted octanol–water partition coefficient (Wildman–Crippen LogP) is 3.81. The summed E-state index contributed by atoms with van der Waals surface area (Å²) in [6.45, 7) is 0.548. The van der Waals surface area contributed by atoms with Crippen LogP contribution in [0.2, 0.25) is 0 Å². The van der Waals surface area contributed by atoms with Crippen LogP contribution in [0.3, 0.4) is 0 Å². The Morgan fingerprint density at radius 1 is 0.964 bits per heavy atom. The summed E-state index contributed by atoms with van der Waals surface area (Å²) >= 11 is 0. The molecular formula is C22H23N3O3. The van der Waals surface area contributed by atoms with E-state index in [1.54, 1.807) is 32.5 Å². The normalized spacial score (nSPS) is 10.2. The summed E-state index contributed by atoms with van der Waals surface area (Å²) in [6.07, 6.45) is 2.30. The van der Waals surface area contributed by atoms with Crippen molar-refractivity contribution in [3.63, 3.8) is 0 Å². The Balaban J connectivity index is 1.53. The molecule has 0 aliphatic carbocycles. The molecule has 0 fully saturated rings. The van der Waals surface area contributed by atoms with Gasteiger partial charge in [-0.25, -0.2) is 4.98 Å². The van der Waals surface area contributed by atoms with Crippen LogP contribution in [-0.2, 0) is 6.42 Å². The number of benzene rings is 2. The number of carbonyl (C=O) groups is 1. The van der Waals surface area contributed by atoms with Gasteiger partial charge in [-0.1, -0.05) is 24.3 Å². The van der Waals surface area contributed by atoms with Gasteiger partial charge in [0, 0.05) is 12.7 Å². The van der Waals surface area contributed by atoms with E-state index in [1.807, 2.05) is 48.5 Å². The number of anilines is 2. The third-order valence-corrected chi connectivity index (χ3v) is 4.25. The first-order chi connectivity index (χ1) is 13.7. The van der Waals surface area contributed by atoms with Gasteiger partial charge < -0.3 is 20.1 Å². The van der Waals surface area contributed by atoms with Gasteiger partial charge in [0.1, 0.15) is 17.3 Å². The van der Waals surface area contributed by atoms with Crippen LogP contribution < -0.4 is 20.1 Å². The Hall–Kier alpha value is -3.54. The highest BCUT2D eigenvalue weighted by Crippen LogP contribution is 2.26. The van der Waals surface area contributed by atoms with Crippen LogP contribution in [-0.4, -0.2) is 31.7 Å². The second-order valence-corrected chi connectivity index (χ2v) is 6.11. The molecule has 0 radical (unpaired) electrons. The van der Waals surface area contributed by atoms with E-state index in [0.717, 1.165) is 29.2 Å². The third kappa shape index (κ3) is 5.01. The molecular weight excluding hydrogens is 354 g/mol.